The maximum Gasteiger partial charge on any atom is 0.277 e. The lowest BCUT2D eigenvalue weighted by Gasteiger charge is -2.05. The molecule has 1 aromatic heterocycles. The molecule has 1 heterocycles. The van der Waals surface area contributed by atoms with E-state index in [1.807, 2.05) is 0 Å². The third kappa shape index (κ3) is 2.58. The van der Waals surface area contributed by atoms with Gasteiger partial charge in [0, 0.05) is 14.9 Å². The first-order valence-electron chi connectivity index (χ1n) is 4.20. The van der Waals surface area contributed by atoms with Crippen LogP contribution in [0.1, 0.15) is 10.5 Å². The molecule has 0 saturated heterocycles. The Morgan fingerprint density at radius 1 is 1.50 bits per heavy atom. The number of hydrogen-bond acceptors (Lipinski definition) is 4. The molecule has 0 unspecified atom stereocenters. The average Bonchev–Trinajstić information content (AvgIpc) is 2.76. The van der Waals surface area contributed by atoms with Crippen molar-refractivity contribution in [3.8, 4) is 0 Å². The summed E-state index contributed by atoms with van der Waals surface area (Å²) in [5, 5.41) is 8.49. The second kappa shape index (κ2) is 4.90. The number of benzene rings is 1. The Morgan fingerprint density at radius 2 is 2.31 bits per heavy atom. The number of aromatic nitrogens is 2. The molecule has 1 amide bonds. The summed E-state index contributed by atoms with van der Waals surface area (Å²) in [5.41, 5.74) is 0.891. The van der Waals surface area contributed by atoms with Crippen LogP contribution in [0.4, 0.5) is 5.69 Å². The predicted octanol–water partition coefficient (Wildman–Crippen LogP) is 3.21. The fraction of sp³-hybridized carbons (Fsp3) is 0. The van der Waals surface area contributed by atoms with Crippen LogP contribution in [-0.2, 0) is 0 Å². The van der Waals surface area contributed by atoms with Gasteiger partial charge in [-0.05, 0) is 45.7 Å². The zero-order valence-electron chi connectivity index (χ0n) is 7.78. The SMILES string of the molecule is O=C(Nc1cc(Cl)ccc1Br)c1csnn1. The molecular formula is C9H5BrClN3OS. The summed E-state index contributed by atoms with van der Waals surface area (Å²) in [4.78, 5) is 11.7. The van der Waals surface area contributed by atoms with E-state index in [1.165, 1.54) is 0 Å². The quantitative estimate of drug-likeness (QED) is 0.925. The van der Waals surface area contributed by atoms with Crippen molar-refractivity contribution in [1.29, 1.82) is 0 Å². The number of carbonyl (C=O) groups is 1. The summed E-state index contributed by atoms with van der Waals surface area (Å²) >= 11 is 10.3. The minimum atomic E-state index is -0.309. The molecule has 1 N–H and O–H groups in total. The van der Waals surface area contributed by atoms with E-state index in [2.05, 4.69) is 30.8 Å². The number of halogens is 2. The minimum Gasteiger partial charge on any atom is -0.319 e. The van der Waals surface area contributed by atoms with Gasteiger partial charge in [-0.15, -0.1) is 5.10 Å². The number of carbonyl (C=O) groups excluding carboxylic acids is 1. The number of amides is 1. The lowest BCUT2D eigenvalue weighted by Crippen LogP contribution is -2.12. The maximum atomic E-state index is 11.7. The van der Waals surface area contributed by atoms with E-state index in [0.29, 0.717) is 10.7 Å². The van der Waals surface area contributed by atoms with Crippen LogP contribution in [0.5, 0.6) is 0 Å². The highest BCUT2D eigenvalue weighted by Crippen LogP contribution is 2.26. The molecule has 0 atom stereocenters. The van der Waals surface area contributed by atoms with Crippen molar-refractivity contribution in [2.24, 2.45) is 0 Å². The standard InChI is InChI=1S/C9H5BrClN3OS/c10-6-2-1-5(11)3-7(6)12-9(15)8-4-16-14-13-8/h1-4H,(H,12,15). The monoisotopic (exact) mass is 317 g/mol. The summed E-state index contributed by atoms with van der Waals surface area (Å²) in [6.07, 6.45) is 0. The fourth-order valence-electron chi connectivity index (χ4n) is 1.04. The molecule has 0 radical (unpaired) electrons. The van der Waals surface area contributed by atoms with Gasteiger partial charge in [-0.3, -0.25) is 4.79 Å². The van der Waals surface area contributed by atoms with Crippen molar-refractivity contribution in [2.75, 3.05) is 5.32 Å². The predicted molar refractivity (Wildman–Crippen MR) is 67.0 cm³/mol. The molecule has 0 saturated carbocycles. The third-order valence-corrected chi connectivity index (χ3v) is 3.20. The van der Waals surface area contributed by atoms with Gasteiger partial charge in [-0.25, -0.2) is 0 Å². The normalized spacial score (nSPS) is 10.1. The van der Waals surface area contributed by atoms with Crippen molar-refractivity contribution < 1.29 is 4.79 Å². The fourth-order valence-corrected chi connectivity index (χ4v) is 2.00. The topological polar surface area (TPSA) is 54.9 Å². The summed E-state index contributed by atoms with van der Waals surface area (Å²) in [7, 11) is 0. The van der Waals surface area contributed by atoms with Gasteiger partial charge in [0.15, 0.2) is 5.69 Å². The second-order valence-corrected chi connectivity index (χ2v) is 4.77. The van der Waals surface area contributed by atoms with Gasteiger partial charge in [-0.1, -0.05) is 16.1 Å². The van der Waals surface area contributed by atoms with E-state index in [4.69, 9.17) is 11.6 Å². The molecule has 0 aliphatic heterocycles. The van der Waals surface area contributed by atoms with Crippen molar-refractivity contribution >= 4 is 50.7 Å². The lowest BCUT2D eigenvalue weighted by molar-refractivity contribution is 0.102. The van der Waals surface area contributed by atoms with Gasteiger partial charge in [0.2, 0.25) is 0 Å². The smallest absolute Gasteiger partial charge is 0.277 e. The van der Waals surface area contributed by atoms with Gasteiger partial charge in [0.1, 0.15) is 0 Å². The van der Waals surface area contributed by atoms with Crippen LogP contribution in [0.25, 0.3) is 0 Å². The van der Waals surface area contributed by atoms with Gasteiger partial charge in [0.25, 0.3) is 5.91 Å². The van der Waals surface area contributed by atoms with Crippen molar-refractivity contribution in [3.05, 3.63) is 38.8 Å². The molecule has 2 rings (SSSR count). The van der Waals surface area contributed by atoms with Crippen LogP contribution in [-0.4, -0.2) is 15.5 Å². The average molecular weight is 319 g/mol. The highest BCUT2D eigenvalue weighted by molar-refractivity contribution is 9.10. The Kier molecular flexibility index (Phi) is 3.52. The summed E-state index contributed by atoms with van der Waals surface area (Å²) in [6, 6.07) is 5.15. The van der Waals surface area contributed by atoms with E-state index in [1.54, 1.807) is 23.6 Å². The zero-order chi connectivity index (χ0) is 11.5. The molecule has 0 aliphatic carbocycles. The Hall–Kier alpha value is -0.980. The van der Waals surface area contributed by atoms with Gasteiger partial charge >= 0.3 is 0 Å². The number of nitrogens with one attached hydrogen (secondary N) is 1. The van der Waals surface area contributed by atoms with E-state index >= 15 is 0 Å². The molecule has 4 nitrogen and oxygen atoms in total. The Balaban J connectivity index is 2.21. The molecule has 0 bridgehead atoms. The number of nitrogens with zero attached hydrogens (tertiary/aromatic N) is 2. The van der Waals surface area contributed by atoms with Crippen LogP contribution < -0.4 is 5.32 Å². The van der Waals surface area contributed by atoms with Crippen LogP contribution >= 0.6 is 39.1 Å². The Bertz CT molecular complexity index is 517. The largest absolute Gasteiger partial charge is 0.319 e. The van der Waals surface area contributed by atoms with Crippen molar-refractivity contribution in [3.63, 3.8) is 0 Å². The Labute approximate surface area is 109 Å². The lowest BCUT2D eigenvalue weighted by atomic mass is 10.3. The first-order valence-corrected chi connectivity index (χ1v) is 6.21. The second-order valence-electron chi connectivity index (χ2n) is 2.87. The number of rotatable bonds is 2. The molecule has 16 heavy (non-hydrogen) atoms. The highest BCUT2D eigenvalue weighted by Gasteiger charge is 2.10. The van der Waals surface area contributed by atoms with Gasteiger partial charge in [-0.2, -0.15) is 0 Å². The first kappa shape index (κ1) is 11.5. The van der Waals surface area contributed by atoms with E-state index in [0.717, 1.165) is 16.0 Å². The molecule has 1 aromatic carbocycles. The van der Waals surface area contributed by atoms with Crippen LogP contribution in [0, 0.1) is 0 Å². The highest BCUT2D eigenvalue weighted by atomic mass is 79.9. The molecule has 2 aromatic rings. The summed E-state index contributed by atoms with van der Waals surface area (Å²) in [5.74, 6) is -0.309. The van der Waals surface area contributed by atoms with E-state index < -0.39 is 0 Å². The van der Waals surface area contributed by atoms with Crippen LogP contribution in [0.15, 0.2) is 28.1 Å². The summed E-state index contributed by atoms with van der Waals surface area (Å²) in [6.45, 7) is 0. The maximum absolute atomic E-state index is 11.7. The molecule has 7 heteroatoms. The number of anilines is 1. The summed E-state index contributed by atoms with van der Waals surface area (Å²) < 4.78 is 4.38. The van der Waals surface area contributed by atoms with Crippen molar-refractivity contribution in [2.45, 2.75) is 0 Å². The van der Waals surface area contributed by atoms with Gasteiger partial charge in [0.05, 0.1) is 5.69 Å². The number of hydrogen-bond donors (Lipinski definition) is 1. The first-order chi connectivity index (χ1) is 7.66. The van der Waals surface area contributed by atoms with E-state index in [9.17, 15) is 4.79 Å². The van der Waals surface area contributed by atoms with Crippen LogP contribution in [0.2, 0.25) is 5.02 Å². The zero-order valence-corrected chi connectivity index (χ0v) is 10.9. The van der Waals surface area contributed by atoms with E-state index in [-0.39, 0.29) is 11.6 Å². The molecule has 0 aliphatic rings. The Morgan fingerprint density at radius 3 is 3.00 bits per heavy atom. The van der Waals surface area contributed by atoms with Crippen molar-refractivity contribution in [1.82, 2.24) is 9.59 Å². The third-order valence-electron chi connectivity index (χ3n) is 1.77. The van der Waals surface area contributed by atoms with Gasteiger partial charge < -0.3 is 5.32 Å². The van der Waals surface area contributed by atoms with Crippen LogP contribution in [0.3, 0.4) is 0 Å². The molecule has 0 spiro atoms. The molecule has 82 valence electrons. The molecule has 0 fully saturated rings. The molecular weight excluding hydrogens is 314 g/mol. The minimum absolute atomic E-state index is 0.289.